The Morgan fingerprint density at radius 2 is 2.12 bits per heavy atom. The maximum atomic E-state index is 5.71. The van der Waals surface area contributed by atoms with E-state index in [4.69, 9.17) is 5.73 Å². The fourth-order valence-corrected chi connectivity index (χ4v) is 1.57. The zero-order valence-electron chi connectivity index (χ0n) is 4.93. The number of nitrogens with one attached hydrogen (secondary N) is 1. The van der Waals surface area contributed by atoms with Crippen molar-refractivity contribution in [1.29, 1.82) is 0 Å². The Morgan fingerprint density at radius 3 is 2.75 bits per heavy atom. The summed E-state index contributed by atoms with van der Waals surface area (Å²) in [5, 5.41) is 3.38. The van der Waals surface area contributed by atoms with Crippen molar-refractivity contribution >= 4 is 0 Å². The van der Waals surface area contributed by atoms with Crippen molar-refractivity contribution in [1.82, 2.24) is 5.32 Å². The molecule has 1 saturated heterocycles. The van der Waals surface area contributed by atoms with Crippen LogP contribution in [0.5, 0.6) is 0 Å². The monoisotopic (exact) mass is 112 g/mol. The van der Waals surface area contributed by atoms with Gasteiger partial charge in [0.15, 0.2) is 0 Å². The first kappa shape index (κ1) is 4.77. The highest BCUT2D eigenvalue weighted by molar-refractivity contribution is 5.03. The third kappa shape index (κ3) is 0.644. The normalized spacial score (nSPS) is 52.9. The molecular weight excluding hydrogens is 100 g/mol. The predicted octanol–water partition coefficient (Wildman–Crippen LogP) is -0.162. The first-order valence-electron chi connectivity index (χ1n) is 3.38. The predicted molar refractivity (Wildman–Crippen MR) is 32.5 cm³/mol. The van der Waals surface area contributed by atoms with Gasteiger partial charge in [-0.05, 0) is 19.3 Å². The van der Waals surface area contributed by atoms with Gasteiger partial charge in [0.05, 0.1) is 0 Å². The first-order valence-corrected chi connectivity index (χ1v) is 3.38. The van der Waals surface area contributed by atoms with Crippen LogP contribution in [0.15, 0.2) is 0 Å². The van der Waals surface area contributed by atoms with E-state index in [9.17, 15) is 0 Å². The van der Waals surface area contributed by atoms with Crippen LogP contribution < -0.4 is 11.1 Å². The SMILES string of the molecule is NC1CCC2NC2C1. The maximum Gasteiger partial charge on any atom is 0.0239 e. The summed E-state index contributed by atoms with van der Waals surface area (Å²) in [5.74, 6) is 0. The van der Waals surface area contributed by atoms with E-state index in [-0.39, 0.29) is 0 Å². The molecule has 0 amide bonds. The molecule has 1 aliphatic carbocycles. The molecule has 0 bridgehead atoms. The molecule has 0 radical (unpaired) electrons. The van der Waals surface area contributed by atoms with Crippen LogP contribution in [0.3, 0.4) is 0 Å². The summed E-state index contributed by atoms with van der Waals surface area (Å²) >= 11 is 0. The van der Waals surface area contributed by atoms with Gasteiger partial charge in [-0.2, -0.15) is 0 Å². The lowest BCUT2D eigenvalue weighted by Crippen LogP contribution is -2.26. The number of hydrogen-bond donors (Lipinski definition) is 2. The van der Waals surface area contributed by atoms with Gasteiger partial charge in [0.25, 0.3) is 0 Å². The van der Waals surface area contributed by atoms with Crippen LogP contribution >= 0.6 is 0 Å². The highest BCUT2D eigenvalue weighted by atomic mass is 15.2. The first-order chi connectivity index (χ1) is 3.86. The molecule has 3 N–H and O–H groups in total. The van der Waals surface area contributed by atoms with Crippen LogP contribution in [0.4, 0.5) is 0 Å². The Labute approximate surface area is 49.4 Å². The molecule has 1 saturated carbocycles. The smallest absolute Gasteiger partial charge is 0.0239 e. The molecule has 2 fully saturated rings. The van der Waals surface area contributed by atoms with Crippen molar-refractivity contribution in [2.45, 2.75) is 37.4 Å². The Hall–Kier alpha value is -0.0800. The molecule has 2 heteroatoms. The lowest BCUT2D eigenvalue weighted by molar-refractivity contribution is 0.493. The molecule has 8 heavy (non-hydrogen) atoms. The summed E-state index contributed by atoms with van der Waals surface area (Å²) in [6.07, 6.45) is 3.75. The molecule has 0 aromatic heterocycles. The molecule has 0 spiro atoms. The average Bonchev–Trinajstić information content (AvgIpc) is 2.43. The van der Waals surface area contributed by atoms with E-state index in [1.807, 2.05) is 0 Å². The number of hydrogen-bond acceptors (Lipinski definition) is 2. The van der Waals surface area contributed by atoms with E-state index >= 15 is 0 Å². The largest absolute Gasteiger partial charge is 0.328 e. The Bertz CT molecular complexity index is 103. The lowest BCUT2D eigenvalue weighted by atomic mass is 9.97. The quantitative estimate of drug-likeness (QED) is 0.428. The van der Waals surface area contributed by atoms with Gasteiger partial charge < -0.3 is 11.1 Å². The van der Waals surface area contributed by atoms with Crippen LogP contribution in [-0.4, -0.2) is 18.1 Å². The van der Waals surface area contributed by atoms with Gasteiger partial charge in [-0.3, -0.25) is 0 Å². The van der Waals surface area contributed by atoms with Crippen molar-refractivity contribution in [2.75, 3.05) is 0 Å². The summed E-state index contributed by atoms with van der Waals surface area (Å²) < 4.78 is 0. The fourth-order valence-electron chi connectivity index (χ4n) is 1.57. The highest BCUT2D eigenvalue weighted by Crippen LogP contribution is 2.27. The standard InChI is InChI=1S/C6H12N2/c7-4-1-2-5-6(3-4)8-5/h4-6,8H,1-3,7H2. The Morgan fingerprint density at radius 1 is 1.25 bits per heavy atom. The Kier molecular flexibility index (Phi) is 0.866. The van der Waals surface area contributed by atoms with Crippen molar-refractivity contribution in [2.24, 2.45) is 5.73 Å². The van der Waals surface area contributed by atoms with Crippen LogP contribution in [-0.2, 0) is 0 Å². The van der Waals surface area contributed by atoms with Gasteiger partial charge in [-0.25, -0.2) is 0 Å². The van der Waals surface area contributed by atoms with Crippen molar-refractivity contribution in [3.63, 3.8) is 0 Å². The molecule has 0 aromatic rings. The third-order valence-corrected chi connectivity index (χ3v) is 2.21. The third-order valence-electron chi connectivity index (χ3n) is 2.21. The van der Waals surface area contributed by atoms with Crippen molar-refractivity contribution in [3.05, 3.63) is 0 Å². The molecule has 1 aliphatic heterocycles. The second-order valence-corrected chi connectivity index (χ2v) is 2.95. The van der Waals surface area contributed by atoms with Crippen molar-refractivity contribution < 1.29 is 0 Å². The van der Waals surface area contributed by atoms with Crippen LogP contribution in [0.25, 0.3) is 0 Å². The summed E-state index contributed by atoms with van der Waals surface area (Å²) in [4.78, 5) is 0. The minimum Gasteiger partial charge on any atom is -0.328 e. The number of rotatable bonds is 0. The lowest BCUT2D eigenvalue weighted by Gasteiger charge is -2.13. The second-order valence-electron chi connectivity index (χ2n) is 2.95. The van der Waals surface area contributed by atoms with Crippen LogP contribution in [0, 0.1) is 0 Å². The minimum atomic E-state index is 0.492. The summed E-state index contributed by atoms with van der Waals surface area (Å²) in [6.45, 7) is 0. The van der Waals surface area contributed by atoms with Crippen molar-refractivity contribution in [3.8, 4) is 0 Å². The summed E-state index contributed by atoms with van der Waals surface area (Å²) in [6, 6.07) is 2.15. The molecule has 0 aromatic carbocycles. The molecule has 3 atom stereocenters. The van der Waals surface area contributed by atoms with Gasteiger partial charge in [0, 0.05) is 18.1 Å². The maximum absolute atomic E-state index is 5.71. The van der Waals surface area contributed by atoms with E-state index in [1.54, 1.807) is 0 Å². The zero-order valence-corrected chi connectivity index (χ0v) is 4.93. The molecule has 2 aliphatic rings. The van der Waals surface area contributed by atoms with E-state index in [0.29, 0.717) is 6.04 Å². The van der Waals surface area contributed by atoms with Crippen LogP contribution in [0.2, 0.25) is 0 Å². The van der Waals surface area contributed by atoms with E-state index in [0.717, 1.165) is 12.1 Å². The average molecular weight is 112 g/mol. The van der Waals surface area contributed by atoms with Gasteiger partial charge in [0.2, 0.25) is 0 Å². The molecule has 1 heterocycles. The summed E-state index contributed by atoms with van der Waals surface area (Å²) in [7, 11) is 0. The van der Waals surface area contributed by atoms with Crippen LogP contribution in [0.1, 0.15) is 19.3 Å². The molecule has 46 valence electrons. The van der Waals surface area contributed by atoms with E-state index < -0.39 is 0 Å². The molecule has 2 rings (SSSR count). The topological polar surface area (TPSA) is 48.0 Å². The highest BCUT2D eigenvalue weighted by Gasteiger charge is 2.40. The zero-order chi connectivity index (χ0) is 5.56. The number of nitrogens with two attached hydrogens (primary N) is 1. The second kappa shape index (κ2) is 1.45. The number of fused-ring (bicyclic) bond motifs is 1. The van der Waals surface area contributed by atoms with E-state index in [1.165, 1.54) is 19.3 Å². The van der Waals surface area contributed by atoms with Gasteiger partial charge in [-0.1, -0.05) is 0 Å². The molecular formula is C6H12N2. The van der Waals surface area contributed by atoms with E-state index in [2.05, 4.69) is 5.32 Å². The molecule has 2 nitrogen and oxygen atoms in total. The van der Waals surface area contributed by atoms with Gasteiger partial charge >= 0.3 is 0 Å². The van der Waals surface area contributed by atoms with Gasteiger partial charge in [-0.15, -0.1) is 0 Å². The summed E-state index contributed by atoms with van der Waals surface area (Å²) in [5.41, 5.74) is 5.71. The minimum absolute atomic E-state index is 0.492. The van der Waals surface area contributed by atoms with Gasteiger partial charge in [0.1, 0.15) is 0 Å². The molecule has 3 unspecified atom stereocenters. The fraction of sp³-hybridized carbons (Fsp3) is 1.00. The Balaban J connectivity index is 1.93.